The normalized spacial score (nSPS) is 11.7. The first-order valence-corrected chi connectivity index (χ1v) is 9.69. The number of pyridine rings is 2. The Hall–Kier alpha value is -2.15. The van der Waals surface area contributed by atoms with Crippen LogP contribution in [0.3, 0.4) is 0 Å². The molecule has 0 aliphatic heterocycles. The molecule has 0 aliphatic carbocycles. The van der Waals surface area contributed by atoms with Gasteiger partial charge in [0.2, 0.25) is 0 Å². The number of halogens is 1. The Morgan fingerprint density at radius 2 is 2.12 bits per heavy atom. The Morgan fingerprint density at radius 3 is 2.85 bits per heavy atom. The van der Waals surface area contributed by atoms with Gasteiger partial charge in [0.1, 0.15) is 11.4 Å². The first-order chi connectivity index (χ1) is 12.3. The Labute approximate surface area is 167 Å². The predicted molar refractivity (Wildman–Crippen MR) is 113 cm³/mol. The van der Waals surface area contributed by atoms with E-state index < -0.39 is 5.60 Å². The van der Waals surface area contributed by atoms with Gasteiger partial charge in [0.05, 0.1) is 15.1 Å². The average molecular weight is 475 g/mol. The molecule has 4 aromatic rings. The van der Waals surface area contributed by atoms with Gasteiger partial charge >= 0.3 is 0 Å². The standard InChI is InChI=1S/C19H14IN3O2S/c1-19(2,24)5-3-14-16(10-4-6-22-9-15(10)26-14)13-7-11-12(20)8-23-18(21)17(11)25-13/h4,6-9,24H,1-2H3,(H2,21,23). The SMILES string of the molecule is CC(C)(O)C#Cc1sc2cnccc2c1-c1cc2c(I)cnc(N)c2o1. The second-order valence-electron chi connectivity index (χ2n) is 6.33. The molecule has 4 rings (SSSR count). The fourth-order valence-electron chi connectivity index (χ4n) is 2.63. The Bertz CT molecular complexity index is 1170. The van der Waals surface area contributed by atoms with Crippen LogP contribution in [0.4, 0.5) is 5.82 Å². The minimum Gasteiger partial charge on any atom is -0.452 e. The van der Waals surface area contributed by atoms with Crippen molar-refractivity contribution in [2.24, 2.45) is 0 Å². The van der Waals surface area contributed by atoms with E-state index in [1.807, 2.05) is 12.1 Å². The van der Waals surface area contributed by atoms with Crippen LogP contribution in [0.25, 0.3) is 32.4 Å². The molecule has 5 nitrogen and oxygen atoms in total. The summed E-state index contributed by atoms with van der Waals surface area (Å²) < 4.78 is 8.04. The summed E-state index contributed by atoms with van der Waals surface area (Å²) in [5.74, 6) is 7.01. The van der Waals surface area contributed by atoms with E-state index in [4.69, 9.17) is 10.2 Å². The fraction of sp³-hybridized carbons (Fsp3) is 0.158. The summed E-state index contributed by atoms with van der Waals surface area (Å²) in [6, 6.07) is 3.91. The van der Waals surface area contributed by atoms with Crippen molar-refractivity contribution < 1.29 is 9.52 Å². The first-order valence-electron chi connectivity index (χ1n) is 7.79. The van der Waals surface area contributed by atoms with Crippen LogP contribution >= 0.6 is 33.9 Å². The van der Waals surface area contributed by atoms with Crippen molar-refractivity contribution in [2.45, 2.75) is 19.4 Å². The molecule has 0 spiro atoms. The van der Waals surface area contributed by atoms with Gasteiger partial charge in [-0.25, -0.2) is 4.98 Å². The van der Waals surface area contributed by atoms with Gasteiger partial charge in [-0.2, -0.15) is 0 Å². The van der Waals surface area contributed by atoms with E-state index in [9.17, 15) is 5.11 Å². The van der Waals surface area contributed by atoms with Crippen molar-refractivity contribution in [1.82, 2.24) is 9.97 Å². The smallest absolute Gasteiger partial charge is 0.177 e. The maximum atomic E-state index is 9.97. The number of nitrogens with zero attached hydrogens (tertiary/aromatic N) is 2. The third-order valence-corrected chi connectivity index (χ3v) is 5.68. The van der Waals surface area contributed by atoms with E-state index in [-0.39, 0.29) is 0 Å². The van der Waals surface area contributed by atoms with Gasteiger partial charge in [0.15, 0.2) is 11.4 Å². The highest BCUT2D eigenvalue weighted by molar-refractivity contribution is 14.1. The molecule has 0 radical (unpaired) electrons. The minimum absolute atomic E-state index is 0.358. The highest BCUT2D eigenvalue weighted by Gasteiger charge is 2.19. The van der Waals surface area contributed by atoms with E-state index in [2.05, 4.69) is 44.4 Å². The molecule has 0 fully saturated rings. The van der Waals surface area contributed by atoms with Gasteiger partial charge in [-0.05, 0) is 48.6 Å². The van der Waals surface area contributed by atoms with Crippen molar-refractivity contribution >= 4 is 60.8 Å². The third-order valence-electron chi connectivity index (χ3n) is 3.76. The van der Waals surface area contributed by atoms with E-state index in [0.29, 0.717) is 17.2 Å². The summed E-state index contributed by atoms with van der Waals surface area (Å²) in [7, 11) is 0. The molecular weight excluding hydrogens is 461 g/mol. The van der Waals surface area contributed by atoms with Crippen LogP contribution in [0.1, 0.15) is 18.7 Å². The first kappa shape index (κ1) is 17.3. The summed E-state index contributed by atoms with van der Waals surface area (Å²) in [5, 5.41) is 11.9. The molecule has 0 bridgehead atoms. The predicted octanol–water partition coefficient (Wildman–Crippen LogP) is 4.41. The Kier molecular flexibility index (Phi) is 4.14. The van der Waals surface area contributed by atoms with Crippen molar-refractivity contribution in [3.8, 4) is 23.2 Å². The minimum atomic E-state index is -1.08. The van der Waals surface area contributed by atoms with Crippen LogP contribution in [0, 0.1) is 15.4 Å². The summed E-state index contributed by atoms with van der Waals surface area (Å²) >= 11 is 3.74. The zero-order chi connectivity index (χ0) is 18.5. The van der Waals surface area contributed by atoms with Crippen LogP contribution in [0.2, 0.25) is 0 Å². The Balaban J connectivity index is 2.02. The number of hydrogen-bond acceptors (Lipinski definition) is 6. The van der Waals surface area contributed by atoms with Crippen LogP contribution in [0.15, 0.2) is 35.1 Å². The molecule has 0 amide bonds. The number of nitrogen functional groups attached to an aromatic ring is 1. The van der Waals surface area contributed by atoms with Crippen molar-refractivity contribution in [1.29, 1.82) is 0 Å². The molecule has 4 aromatic heterocycles. The molecule has 0 aliphatic rings. The fourth-order valence-corrected chi connectivity index (χ4v) is 4.20. The molecule has 7 heteroatoms. The number of anilines is 1. The van der Waals surface area contributed by atoms with Gasteiger partial charge in [-0.1, -0.05) is 11.8 Å². The molecule has 0 unspecified atom stereocenters. The molecule has 130 valence electrons. The van der Waals surface area contributed by atoms with Crippen LogP contribution < -0.4 is 5.73 Å². The van der Waals surface area contributed by atoms with Crippen molar-refractivity contribution in [3.05, 3.63) is 39.2 Å². The number of thiophene rings is 1. The van der Waals surface area contributed by atoms with E-state index in [0.717, 1.165) is 29.5 Å². The van der Waals surface area contributed by atoms with Gasteiger partial charge < -0.3 is 15.3 Å². The summed E-state index contributed by atoms with van der Waals surface area (Å²) in [6.45, 7) is 3.31. The number of aliphatic hydroxyl groups is 1. The lowest BCUT2D eigenvalue weighted by molar-refractivity contribution is 0.143. The number of furan rings is 1. The second-order valence-corrected chi connectivity index (χ2v) is 8.55. The summed E-state index contributed by atoms with van der Waals surface area (Å²) in [6.07, 6.45) is 5.28. The molecule has 0 saturated heterocycles. The van der Waals surface area contributed by atoms with Gasteiger partial charge in [0, 0.05) is 32.9 Å². The van der Waals surface area contributed by atoms with Crippen LogP contribution in [-0.2, 0) is 0 Å². The lowest BCUT2D eigenvalue weighted by Crippen LogP contribution is -2.14. The molecular formula is C19H14IN3O2S. The maximum Gasteiger partial charge on any atom is 0.177 e. The highest BCUT2D eigenvalue weighted by Crippen LogP contribution is 2.41. The van der Waals surface area contributed by atoms with Gasteiger partial charge in [0.25, 0.3) is 0 Å². The molecule has 4 heterocycles. The number of nitrogens with two attached hydrogens (primary N) is 1. The van der Waals surface area contributed by atoms with E-state index in [1.165, 1.54) is 11.3 Å². The number of rotatable bonds is 1. The molecule has 0 aromatic carbocycles. The molecule has 0 saturated carbocycles. The van der Waals surface area contributed by atoms with Crippen LogP contribution in [-0.4, -0.2) is 20.7 Å². The van der Waals surface area contributed by atoms with Crippen molar-refractivity contribution in [3.63, 3.8) is 0 Å². The topological polar surface area (TPSA) is 85.2 Å². The molecule has 0 atom stereocenters. The zero-order valence-corrected chi connectivity index (χ0v) is 17.0. The molecule has 26 heavy (non-hydrogen) atoms. The number of aromatic nitrogens is 2. The van der Waals surface area contributed by atoms with E-state index >= 15 is 0 Å². The lowest BCUT2D eigenvalue weighted by atomic mass is 10.1. The summed E-state index contributed by atoms with van der Waals surface area (Å²) in [4.78, 5) is 9.17. The van der Waals surface area contributed by atoms with E-state index in [1.54, 1.807) is 32.4 Å². The Morgan fingerprint density at radius 1 is 1.31 bits per heavy atom. The second kappa shape index (κ2) is 6.23. The third kappa shape index (κ3) is 3.05. The number of hydrogen-bond donors (Lipinski definition) is 2. The monoisotopic (exact) mass is 475 g/mol. The largest absolute Gasteiger partial charge is 0.452 e. The summed E-state index contributed by atoms with van der Waals surface area (Å²) in [5.41, 5.74) is 6.36. The van der Waals surface area contributed by atoms with Crippen molar-refractivity contribution in [2.75, 3.05) is 5.73 Å². The lowest BCUT2D eigenvalue weighted by Gasteiger charge is -2.05. The van der Waals surface area contributed by atoms with Gasteiger partial charge in [-0.15, -0.1) is 11.3 Å². The average Bonchev–Trinajstić information content (AvgIpc) is 3.17. The highest BCUT2D eigenvalue weighted by atomic mass is 127. The molecule has 3 N–H and O–H groups in total. The maximum absolute atomic E-state index is 9.97. The van der Waals surface area contributed by atoms with Crippen LogP contribution in [0.5, 0.6) is 0 Å². The zero-order valence-electron chi connectivity index (χ0n) is 14.0. The quantitative estimate of drug-likeness (QED) is 0.315. The number of fused-ring (bicyclic) bond motifs is 2. The van der Waals surface area contributed by atoms with Gasteiger partial charge in [-0.3, -0.25) is 4.98 Å².